The summed E-state index contributed by atoms with van der Waals surface area (Å²) in [5.41, 5.74) is 9.18. The zero-order valence-electron chi connectivity index (χ0n) is 11.3. The average molecular weight is 272 g/mol. The number of nitrogen functional groups attached to an aromatic ring is 1. The van der Waals surface area contributed by atoms with E-state index in [1.54, 1.807) is 19.3 Å². The molecule has 0 aliphatic rings. The van der Waals surface area contributed by atoms with Gasteiger partial charge in [-0.1, -0.05) is 0 Å². The lowest BCUT2D eigenvalue weighted by Gasteiger charge is -2.11. The first-order valence-corrected chi connectivity index (χ1v) is 6.12. The zero-order chi connectivity index (χ0) is 14.7. The van der Waals surface area contributed by atoms with E-state index in [1.807, 2.05) is 13.0 Å². The maximum atomic E-state index is 11.1. The van der Waals surface area contributed by atoms with E-state index in [1.165, 1.54) is 6.07 Å². The Morgan fingerprint density at radius 2 is 2.05 bits per heavy atom. The van der Waals surface area contributed by atoms with Crippen LogP contribution in [0.15, 0.2) is 24.5 Å². The van der Waals surface area contributed by atoms with Crippen LogP contribution < -0.4 is 11.1 Å². The summed E-state index contributed by atoms with van der Waals surface area (Å²) in [4.78, 5) is 19.5. The molecular weight excluding hydrogens is 256 g/mol. The van der Waals surface area contributed by atoms with E-state index >= 15 is 0 Å². The molecule has 0 spiro atoms. The monoisotopic (exact) mass is 272 g/mol. The average Bonchev–Trinajstić information content (AvgIpc) is 2.41. The van der Waals surface area contributed by atoms with Crippen LogP contribution in [0.4, 0.5) is 11.4 Å². The lowest BCUT2D eigenvalue weighted by atomic mass is 10.1. The minimum Gasteiger partial charge on any atom is -0.478 e. The first-order chi connectivity index (χ1) is 9.47. The third kappa shape index (κ3) is 3.03. The normalized spacial score (nSPS) is 10.3. The molecule has 0 radical (unpaired) electrons. The van der Waals surface area contributed by atoms with Gasteiger partial charge in [-0.2, -0.15) is 0 Å². The van der Waals surface area contributed by atoms with Crippen LogP contribution in [0.3, 0.4) is 0 Å². The molecule has 0 atom stereocenters. The number of aromatic carboxylic acids is 1. The van der Waals surface area contributed by atoms with Gasteiger partial charge in [0.05, 0.1) is 29.7 Å². The number of hydrogen-bond acceptors (Lipinski definition) is 5. The number of hydrogen-bond donors (Lipinski definition) is 3. The fraction of sp³-hybridized carbons (Fsp3) is 0.214. The number of carbonyl (C=O) groups is 1. The van der Waals surface area contributed by atoms with Crippen LogP contribution in [0.1, 0.15) is 27.3 Å². The van der Waals surface area contributed by atoms with Crippen molar-refractivity contribution >= 4 is 17.3 Å². The molecule has 2 rings (SSSR count). The minimum atomic E-state index is -1.04. The topological polar surface area (TPSA) is 101 Å². The molecule has 1 heterocycles. The third-order valence-corrected chi connectivity index (χ3v) is 2.93. The SMILES string of the molecule is Cc1cnc(CNc2cc(C)c(N)c(C(=O)O)c2)cn1. The number of rotatable bonds is 4. The second-order valence-electron chi connectivity index (χ2n) is 4.56. The van der Waals surface area contributed by atoms with Crippen LogP contribution in [-0.4, -0.2) is 21.0 Å². The molecule has 1 aromatic carbocycles. The number of aromatic nitrogens is 2. The number of nitrogens with one attached hydrogen (secondary N) is 1. The first kappa shape index (κ1) is 13.8. The number of carboxylic acid groups (broad SMARTS) is 1. The van der Waals surface area contributed by atoms with Gasteiger partial charge in [-0.15, -0.1) is 0 Å². The molecule has 2 aromatic rings. The number of carboxylic acids is 1. The Morgan fingerprint density at radius 1 is 1.30 bits per heavy atom. The Bertz CT molecular complexity index is 638. The van der Waals surface area contributed by atoms with Crippen LogP contribution >= 0.6 is 0 Å². The molecule has 104 valence electrons. The summed E-state index contributed by atoms with van der Waals surface area (Å²) < 4.78 is 0. The molecule has 6 nitrogen and oxygen atoms in total. The molecular formula is C14H16N4O2. The number of aryl methyl sites for hydroxylation is 2. The number of benzene rings is 1. The highest BCUT2D eigenvalue weighted by Gasteiger charge is 2.11. The number of nitrogens with zero attached hydrogens (tertiary/aromatic N) is 2. The summed E-state index contributed by atoms with van der Waals surface area (Å²) in [6.45, 7) is 4.11. The maximum Gasteiger partial charge on any atom is 0.337 e. The smallest absolute Gasteiger partial charge is 0.337 e. The van der Waals surface area contributed by atoms with E-state index in [4.69, 9.17) is 10.8 Å². The lowest BCUT2D eigenvalue weighted by molar-refractivity contribution is 0.0698. The molecule has 6 heteroatoms. The fourth-order valence-corrected chi connectivity index (χ4v) is 1.78. The molecule has 20 heavy (non-hydrogen) atoms. The van der Waals surface area contributed by atoms with Crippen molar-refractivity contribution < 1.29 is 9.90 Å². The summed E-state index contributed by atoms with van der Waals surface area (Å²) >= 11 is 0. The van der Waals surface area contributed by atoms with Crippen LogP contribution in [0.5, 0.6) is 0 Å². The van der Waals surface area contributed by atoms with Gasteiger partial charge in [0.25, 0.3) is 0 Å². The Hall–Kier alpha value is -2.63. The van der Waals surface area contributed by atoms with E-state index in [2.05, 4.69) is 15.3 Å². The Kier molecular flexibility index (Phi) is 3.84. The molecule has 0 aliphatic carbocycles. The van der Waals surface area contributed by atoms with Gasteiger partial charge in [-0.05, 0) is 31.5 Å². The molecule has 0 fully saturated rings. The lowest BCUT2D eigenvalue weighted by Crippen LogP contribution is -2.08. The maximum absolute atomic E-state index is 11.1. The van der Waals surface area contributed by atoms with Crippen molar-refractivity contribution in [1.82, 2.24) is 9.97 Å². The highest BCUT2D eigenvalue weighted by atomic mass is 16.4. The molecule has 0 aliphatic heterocycles. The summed E-state index contributed by atoms with van der Waals surface area (Å²) in [5, 5.41) is 12.2. The third-order valence-electron chi connectivity index (χ3n) is 2.93. The van der Waals surface area contributed by atoms with Gasteiger partial charge in [0.1, 0.15) is 0 Å². The molecule has 1 aromatic heterocycles. The molecule has 0 bridgehead atoms. The minimum absolute atomic E-state index is 0.0995. The summed E-state index contributed by atoms with van der Waals surface area (Å²) in [5.74, 6) is -1.04. The van der Waals surface area contributed by atoms with Crippen molar-refractivity contribution in [2.24, 2.45) is 0 Å². The summed E-state index contributed by atoms with van der Waals surface area (Å²) in [6, 6.07) is 3.33. The summed E-state index contributed by atoms with van der Waals surface area (Å²) in [6.07, 6.45) is 3.37. The van der Waals surface area contributed by atoms with Crippen LogP contribution in [0, 0.1) is 13.8 Å². The van der Waals surface area contributed by atoms with Gasteiger partial charge >= 0.3 is 5.97 Å². The van der Waals surface area contributed by atoms with Gasteiger partial charge in [-0.3, -0.25) is 9.97 Å². The second kappa shape index (κ2) is 5.56. The van der Waals surface area contributed by atoms with E-state index in [-0.39, 0.29) is 11.3 Å². The van der Waals surface area contributed by atoms with Crippen molar-refractivity contribution in [3.63, 3.8) is 0 Å². The van der Waals surface area contributed by atoms with E-state index in [0.717, 1.165) is 17.0 Å². The van der Waals surface area contributed by atoms with Crippen molar-refractivity contribution in [3.8, 4) is 0 Å². The van der Waals surface area contributed by atoms with Gasteiger partial charge < -0.3 is 16.2 Å². The Labute approximate surface area is 116 Å². The van der Waals surface area contributed by atoms with Crippen molar-refractivity contribution in [2.75, 3.05) is 11.1 Å². The van der Waals surface area contributed by atoms with Gasteiger partial charge in [0.2, 0.25) is 0 Å². The van der Waals surface area contributed by atoms with Gasteiger partial charge in [0, 0.05) is 17.6 Å². The number of nitrogens with two attached hydrogens (primary N) is 1. The predicted molar refractivity (Wildman–Crippen MR) is 76.6 cm³/mol. The molecule has 0 saturated heterocycles. The Balaban J connectivity index is 2.17. The van der Waals surface area contributed by atoms with Crippen LogP contribution in [-0.2, 0) is 6.54 Å². The van der Waals surface area contributed by atoms with Gasteiger partial charge in [0.15, 0.2) is 0 Å². The van der Waals surface area contributed by atoms with E-state index in [0.29, 0.717) is 12.2 Å². The Morgan fingerprint density at radius 3 is 2.65 bits per heavy atom. The largest absolute Gasteiger partial charge is 0.478 e. The van der Waals surface area contributed by atoms with Crippen molar-refractivity contribution in [1.29, 1.82) is 0 Å². The van der Waals surface area contributed by atoms with Crippen LogP contribution in [0.2, 0.25) is 0 Å². The molecule has 0 unspecified atom stereocenters. The predicted octanol–water partition coefficient (Wildman–Crippen LogP) is 1.99. The highest BCUT2D eigenvalue weighted by Crippen LogP contribution is 2.23. The summed E-state index contributed by atoms with van der Waals surface area (Å²) in [7, 11) is 0. The molecule has 0 saturated carbocycles. The van der Waals surface area contributed by atoms with E-state index in [9.17, 15) is 4.79 Å². The molecule has 4 N–H and O–H groups in total. The van der Waals surface area contributed by atoms with E-state index < -0.39 is 5.97 Å². The molecule has 0 amide bonds. The standard InChI is InChI=1S/C14H16N4O2/c1-8-3-10(4-12(13(8)15)14(19)20)18-7-11-6-16-9(2)5-17-11/h3-6,18H,7,15H2,1-2H3,(H,19,20). The van der Waals surface area contributed by atoms with Crippen molar-refractivity contribution in [2.45, 2.75) is 20.4 Å². The first-order valence-electron chi connectivity index (χ1n) is 6.12. The van der Waals surface area contributed by atoms with Crippen LogP contribution in [0.25, 0.3) is 0 Å². The highest BCUT2D eigenvalue weighted by molar-refractivity contribution is 5.95. The quantitative estimate of drug-likeness (QED) is 0.736. The second-order valence-corrected chi connectivity index (χ2v) is 4.56. The fourth-order valence-electron chi connectivity index (χ4n) is 1.78. The number of anilines is 2. The van der Waals surface area contributed by atoms with Gasteiger partial charge in [-0.25, -0.2) is 4.79 Å². The van der Waals surface area contributed by atoms with Crippen molar-refractivity contribution in [3.05, 3.63) is 47.0 Å². The zero-order valence-corrected chi connectivity index (χ0v) is 11.3.